The summed E-state index contributed by atoms with van der Waals surface area (Å²) in [5.74, 6) is -2.16. The molecule has 0 aliphatic carbocycles. The van der Waals surface area contributed by atoms with Gasteiger partial charge in [0.2, 0.25) is 11.3 Å². The average molecular weight is 642 g/mol. The Bertz CT molecular complexity index is 1460. The number of aliphatic carboxylic acids is 1. The zero-order valence-electron chi connectivity index (χ0n) is 20.4. The summed E-state index contributed by atoms with van der Waals surface area (Å²) in [6.45, 7) is -0.0243. The number of thioether (sulfide) groups is 1. The highest BCUT2D eigenvalue weighted by molar-refractivity contribution is 8.26. The molecule has 1 aromatic carbocycles. The Balaban J connectivity index is 1.87. The smallest absolute Gasteiger partial charge is 0.416 e. The standard InChI is InChI=1S/C24H18ClF6N3O5S2/c25-20-15(10-17-21(39)34(22(40)41-17)5-3-18(36)32-4-1-2-19(37)38)33-14(9-16(20)35)11-6-12(23(26,27)28)8-13(7-11)24(29,30)31/h6-10H,1-5H2,(H,32,36)(H,33,35)(H,37,38). The number of alkyl halides is 6. The van der Waals surface area contributed by atoms with Crippen LogP contribution in [0.25, 0.3) is 17.3 Å². The van der Waals surface area contributed by atoms with E-state index in [1.54, 1.807) is 0 Å². The molecule has 3 N–H and O–H groups in total. The number of rotatable bonds is 9. The molecule has 2 amide bonds. The van der Waals surface area contributed by atoms with E-state index < -0.39 is 63.0 Å². The summed E-state index contributed by atoms with van der Waals surface area (Å²) in [6, 6.07) is 1.55. The lowest BCUT2D eigenvalue weighted by atomic mass is 10.0. The second-order valence-corrected chi connectivity index (χ2v) is 10.6. The van der Waals surface area contributed by atoms with Crippen molar-refractivity contribution in [2.24, 2.45) is 0 Å². The molecule has 8 nitrogen and oxygen atoms in total. The van der Waals surface area contributed by atoms with Gasteiger partial charge in [-0.05, 0) is 36.3 Å². The molecule has 1 fully saturated rings. The fourth-order valence-electron chi connectivity index (χ4n) is 3.52. The lowest BCUT2D eigenvalue weighted by Gasteiger charge is -2.15. The van der Waals surface area contributed by atoms with Crippen molar-refractivity contribution in [1.82, 2.24) is 15.2 Å². The zero-order chi connectivity index (χ0) is 30.7. The monoisotopic (exact) mass is 641 g/mol. The van der Waals surface area contributed by atoms with Gasteiger partial charge in [-0.25, -0.2) is 0 Å². The van der Waals surface area contributed by atoms with Crippen LogP contribution >= 0.6 is 35.6 Å². The second kappa shape index (κ2) is 12.7. The molecule has 1 aliphatic heterocycles. The number of halogens is 7. The van der Waals surface area contributed by atoms with Crippen LogP contribution in [0.15, 0.2) is 34.0 Å². The fraction of sp³-hybridized carbons (Fsp3) is 0.292. The van der Waals surface area contributed by atoms with E-state index in [1.807, 2.05) is 0 Å². The van der Waals surface area contributed by atoms with Crippen molar-refractivity contribution in [1.29, 1.82) is 0 Å². The summed E-state index contributed by atoms with van der Waals surface area (Å²) >= 11 is 12.0. The summed E-state index contributed by atoms with van der Waals surface area (Å²) < 4.78 is 79.9. The highest BCUT2D eigenvalue weighted by Gasteiger charge is 2.37. The summed E-state index contributed by atoms with van der Waals surface area (Å²) in [5.41, 5.74) is -5.41. The number of carbonyl (C=O) groups is 3. The molecule has 0 radical (unpaired) electrons. The minimum Gasteiger partial charge on any atom is -0.481 e. The van der Waals surface area contributed by atoms with Crippen LogP contribution in [0.4, 0.5) is 26.3 Å². The molecule has 41 heavy (non-hydrogen) atoms. The summed E-state index contributed by atoms with van der Waals surface area (Å²) in [5, 5.41) is 10.6. The maximum absolute atomic E-state index is 13.3. The molecule has 0 saturated carbocycles. The molecule has 0 atom stereocenters. The summed E-state index contributed by atoms with van der Waals surface area (Å²) in [7, 11) is 0. The third-order valence-electron chi connectivity index (χ3n) is 5.50. The molecule has 0 unspecified atom stereocenters. The molecule has 0 spiro atoms. The number of carboxylic acids is 1. The lowest BCUT2D eigenvalue weighted by molar-refractivity contribution is -0.143. The number of amides is 2. The zero-order valence-corrected chi connectivity index (χ0v) is 22.8. The number of carbonyl (C=O) groups excluding carboxylic acids is 2. The maximum Gasteiger partial charge on any atom is 0.416 e. The predicted octanol–water partition coefficient (Wildman–Crippen LogP) is 5.31. The number of pyridine rings is 1. The minimum absolute atomic E-state index is 0.0437. The number of hydrogen-bond acceptors (Lipinski definition) is 6. The van der Waals surface area contributed by atoms with Crippen LogP contribution in [-0.2, 0) is 26.7 Å². The Morgan fingerprint density at radius 3 is 2.22 bits per heavy atom. The van der Waals surface area contributed by atoms with Crippen molar-refractivity contribution in [2.45, 2.75) is 31.6 Å². The highest BCUT2D eigenvalue weighted by Crippen LogP contribution is 2.39. The number of benzene rings is 1. The molecule has 2 aromatic rings. The first kappa shape index (κ1) is 32.1. The van der Waals surface area contributed by atoms with E-state index in [9.17, 15) is 45.5 Å². The van der Waals surface area contributed by atoms with Crippen LogP contribution in [0.5, 0.6) is 0 Å². The van der Waals surface area contributed by atoms with Crippen molar-refractivity contribution in [3.05, 3.63) is 61.2 Å². The van der Waals surface area contributed by atoms with Crippen LogP contribution in [-0.4, -0.2) is 50.2 Å². The molecule has 2 heterocycles. The normalized spacial score (nSPS) is 15.1. The van der Waals surface area contributed by atoms with E-state index in [4.69, 9.17) is 28.9 Å². The van der Waals surface area contributed by atoms with Crippen LogP contribution in [0, 0.1) is 0 Å². The Labute approximate surface area is 241 Å². The van der Waals surface area contributed by atoms with Gasteiger partial charge in [-0.2, -0.15) is 26.3 Å². The van der Waals surface area contributed by atoms with Crippen LogP contribution in [0.1, 0.15) is 36.1 Å². The fourth-order valence-corrected chi connectivity index (χ4v) is 4.97. The SMILES string of the molecule is O=C(O)CCCNC(=O)CCN1C(=O)C(=Cc2[nH]c(-c3cc(C(F)(F)F)cc(C(F)(F)F)c3)cc(=O)c2Cl)SC1=S. The Morgan fingerprint density at radius 1 is 1.05 bits per heavy atom. The van der Waals surface area contributed by atoms with Crippen molar-refractivity contribution >= 4 is 63.8 Å². The van der Waals surface area contributed by atoms with Gasteiger partial charge >= 0.3 is 18.3 Å². The van der Waals surface area contributed by atoms with Gasteiger partial charge in [-0.1, -0.05) is 35.6 Å². The van der Waals surface area contributed by atoms with Gasteiger partial charge in [0, 0.05) is 37.7 Å². The molecule has 1 aliphatic rings. The Morgan fingerprint density at radius 2 is 1.66 bits per heavy atom. The lowest BCUT2D eigenvalue weighted by Crippen LogP contribution is -2.33. The average Bonchev–Trinajstić information content (AvgIpc) is 3.13. The van der Waals surface area contributed by atoms with Crippen molar-refractivity contribution in [3.63, 3.8) is 0 Å². The van der Waals surface area contributed by atoms with E-state index in [-0.39, 0.29) is 53.3 Å². The number of nitrogens with zero attached hydrogens (tertiary/aromatic N) is 1. The highest BCUT2D eigenvalue weighted by atomic mass is 35.5. The second-order valence-electron chi connectivity index (χ2n) is 8.50. The van der Waals surface area contributed by atoms with Gasteiger partial charge in [0.05, 0.1) is 21.7 Å². The number of aromatic nitrogens is 1. The Kier molecular flexibility index (Phi) is 9.92. The molecular formula is C24H18ClF6N3O5S2. The number of hydrogen-bond donors (Lipinski definition) is 3. The van der Waals surface area contributed by atoms with E-state index in [0.717, 1.165) is 28.8 Å². The number of aromatic amines is 1. The predicted molar refractivity (Wildman–Crippen MR) is 142 cm³/mol. The minimum atomic E-state index is -5.12. The van der Waals surface area contributed by atoms with Crippen LogP contribution in [0.2, 0.25) is 5.02 Å². The number of thiocarbonyl (C=S) groups is 1. The molecule has 1 aromatic heterocycles. The molecule has 3 rings (SSSR count). The third kappa shape index (κ3) is 8.33. The number of H-pyrrole nitrogens is 1. The maximum atomic E-state index is 13.3. The van der Waals surface area contributed by atoms with Crippen molar-refractivity contribution < 1.29 is 45.8 Å². The van der Waals surface area contributed by atoms with Gasteiger partial charge in [0.1, 0.15) is 9.34 Å². The first-order valence-corrected chi connectivity index (χ1v) is 13.0. The van der Waals surface area contributed by atoms with Crippen molar-refractivity contribution in [3.8, 4) is 11.3 Å². The van der Waals surface area contributed by atoms with Gasteiger partial charge in [0.15, 0.2) is 0 Å². The van der Waals surface area contributed by atoms with Crippen LogP contribution in [0.3, 0.4) is 0 Å². The van der Waals surface area contributed by atoms with Gasteiger partial charge in [-0.3, -0.25) is 24.1 Å². The van der Waals surface area contributed by atoms with Gasteiger partial charge < -0.3 is 15.4 Å². The van der Waals surface area contributed by atoms with Crippen molar-refractivity contribution in [2.75, 3.05) is 13.1 Å². The van der Waals surface area contributed by atoms with E-state index in [2.05, 4.69) is 10.3 Å². The van der Waals surface area contributed by atoms with Gasteiger partial charge in [0.25, 0.3) is 5.91 Å². The topological polar surface area (TPSA) is 120 Å². The summed E-state index contributed by atoms with van der Waals surface area (Å²) in [6.07, 6.45) is -9.25. The van der Waals surface area contributed by atoms with E-state index in [1.165, 1.54) is 0 Å². The van der Waals surface area contributed by atoms with Crippen LogP contribution < -0.4 is 10.7 Å². The molecule has 17 heteroatoms. The first-order chi connectivity index (χ1) is 19.0. The summed E-state index contributed by atoms with van der Waals surface area (Å²) in [4.78, 5) is 51.4. The van der Waals surface area contributed by atoms with E-state index >= 15 is 0 Å². The van der Waals surface area contributed by atoms with Gasteiger partial charge in [-0.15, -0.1) is 0 Å². The van der Waals surface area contributed by atoms with E-state index in [0.29, 0.717) is 12.1 Å². The first-order valence-electron chi connectivity index (χ1n) is 11.4. The third-order valence-corrected chi connectivity index (χ3v) is 7.26. The number of carboxylic acid groups (broad SMARTS) is 1. The molecular weight excluding hydrogens is 624 g/mol. The quantitative estimate of drug-likeness (QED) is 0.147. The molecule has 1 saturated heterocycles. The Hall–Kier alpha value is -3.37. The molecule has 220 valence electrons. The largest absolute Gasteiger partial charge is 0.481 e. The molecule has 0 bridgehead atoms. The number of nitrogens with one attached hydrogen (secondary N) is 2.